The highest BCUT2D eigenvalue weighted by Crippen LogP contribution is 2.35. The summed E-state index contributed by atoms with van der Waals surface area (Å²) in [5.74, 6) is -0.851. The highest BCUT2D eigenvalue weighted by atomic mass is 32.2. The third kappa shape index (κ3) is 2.68. The lowest BCUT2D eigenvalue weighted by Crippen LogP contribution is -2.57. The van der Waals surface area contributed by atoms with Crippen molar-refractivity contribution < 1.29 is 18.4 Å². The summed E-state index contributed by atoms with van der Waals surface area (Å²) in [5, 5.41) is 8.99. The average molecular weight is 312 g/mol. The largest absolute Gasteiger partial charge is 0.306 e. The molecule has 21 heavy (non-hydrogen) atoms. The molecule has 1 heterocycles. The normalized spacial score (nSPS) is 19.2. The summed E-state index contributed by atoms with van der Waals surface area (Å²) >= 11 is 0. The molecule has 1 fully saturated rings. The van der Waals surface area contributed by atoms with Crippen molar-refractivity contribution >= 4 is 15.7 Å². The van der Waals surface area contributed by atoms with Gasteiger partial charge in [0, 0.05) is 0 Å². The second kappa shape index (κ2) is 5.75. The number of amides is 1. The van der Waals surface area contributed by atoms with Gasteiger partial charge < -0.3 is 4.90 Å². The summed E-state index contributed by atoms with van der Waals surface area (Å²) in [6.45, 7) is 2.83. The first-order valence-corrected chi connectivity index (χ1v) is 8.26. The molecule has 0 aliphatic carbocycles. The van der Waals surface area contributed by atoms with E-state index >= 15 is 0 Å². The molecule has 1 amide bonds. The van der Waals surface area contributed by atoms with E-state index in [2.05, 4.69) is 0 Å². The summed E-state index contributed by atoms with van der Waals surface area (Å²) in [7, 11) is -2.00. The Morgan fingerprint density at radius 1 is 1.24 bits per heavy atom. The number of hydroxylamine groups is 1. The molecule has 0 saturated carbocycles. The summed E-state index contributed by atoms with van der Waals surface area (Å²) in [5.41, 5.74) is 2.48. The number of nitrogens with one attached hydrogen (secondary N) is 1. The molecular formula is C14H20N2O4S. The zero-order valence-corrected chi connectivity index (χ0v) is 13.0. The SMILES string of the molecule is Cc1ccc(S(=O)(=O)C2(C(=O)NO)CCN(C)CC2)cc1. The Hall–Kier alpha value is -1.44. The third-order valence-electron chi connectivity index (χ3n) is 4.16. The fourth-order valence-electron chi connectivity index (χ4n) is 2.64. The number of carbonyl (C=O) groups is 1. The third-order valence-corrected chi connectivity index (χ3v) is 6.67. The number of nitrogens with zero attached hydrogens (tertiary/aromatic N) is 1. The van der Waals surface area contributed by atoms with Crippen LogP contribution in [0.2, 0.25) is 0 Å². The Labute approximate surface area is 124 Å². The van der Waals surface area contributed by atoms with E-state index in [4.69, 9.17) is 5.21 Å². The molecule has 0 radical (unpaired) electrons. The van der Waals surface area contributed by atoms with Gasteiger partial charge in [-0.3, -0.25) is 10.0 Å². The predicted molar refractivity (Wildman–Crippen MR) is 77.8 cm³/mol. The van der Waals surface area contributed by atoms with Crippen LogP contribution in [0.1, 0.15) is 18.4 Å². The first kappa shape index (κ1) is 15.9. The van der Waals surface area contributed by atoms with E-state index in [0.717, 1.165) is 5.56 Å². The van der Waals surface area contributed by atoms with Crippen molar-refractivity contribution in [2.24, 2.45) is 0 Å². The topological polar surface area (TPSA) is 86.7 Å². The van der Waals surface area contributed by atoms with Crippen LogP contribution in [0.5, 0.6) is 0 Å². The maximum atomic E-state index is 12.9. The van der Waals surface area contributed by atoms with E-state index in [1.165, 1.54) is 12.1 Å². The van der Waals surface area contributed by atoms with Crippen molar-refractivity contribution in [1.29, 1.82) is 0 Å². The summed E-state index contributed by atoms with van der Waals surface area (Å²) in [6, 6.07) is 6.42. The molecule has 2 N–H and O–H groups in total. The first-order chi connectivity index (χ1) is 9.83. The zero-order valence-electron chi connectivity index (χ0n) is 12.2. The van der Waals surface area contributed by atoms with E-state index in [-0.39, 0.29) is 17.7 Å². The number of benzene rings is 1. The van der Waals surface area contributed by atoms with Gasteiger partial charge in [0.15, 0.2) is 14.6 Å². The molecule has 1 aromatic rings. The smallest absolute Gasteiger partial charge is 0.265 e. The molecule has 1 aliphatic rings. The van der Waals surface area contributed by atoms with Gasteiger partial charge in [0.25, 0.3) is 5.91 Å². The summed E-state index contributed by atoms with van der Waals surface area (Å²) in [6.07, 6.45) is 0.318. The lowest BCUT2D eigenvalue weighted by Gasteiger charge is -2.38. The maximum absolute atomic E-state index is 12.9. The quantitative estimate of drug-likeness (QED) is 0.635. The Bertz CT molecular complexity index is 617. The van der Waals surface area contributed by atoms with Gasteiger partial charge in [0.2, 0.25) is 0 Å². The average Bonchev–Trinajstić information content (AvgIpc) is 2.47. The van der Waals surface area contributed by atoms with Crippen LogP contribution in [0.25, 0.3) is 0 Å². The molecule has 0 unspecified atom stereocenters. The molecule has 0 atom stereocenters. The number of likely N-dealkylation sites (tertiary alicyclic amines) is 1. The number of piperidine rings is 1. The van der Waals surface area contributed by atoms with Gasteiger partial charge in [-0.15, -0.1) is 0 Å². The second-order valence-corrected chi connectivity index (χ2v) is 7.81. The van der Waals surface area contributed by atoms with E-state index in [1.807, 2.05) is 18.9 Å². The minimum Gasteiger partial charge on any atom is -0.306 e. The number of rotatable bonds is 3. The second-order valence-electron chi connectivity index (χ2n) is 5.55. The van der Waals surface area contributed by atoms with Gasteiger partial charge in [-0.25, -0.2) is 13.9 Å². The van der Waals surface area contributed by atoms with Crippen LogP contribution in [0.4, 0.5) is 0 Å². The van der Waals surface area contributed by atoms with Crippen LogP contribution < -0.4 is 5.48 Å². The van der Waals surface area contributed by atoms with Crippen LogP contribution in [0.15, 0.2) is 29.2 Å². The number of hydrogen-bond donors (Lipinski definition) is 2. The Morgan fingerprint density at radius 2 is 1.76 bits per heavy atom. The lowest BCUT2D eigenvalue weighted by molar-refractivity contribution is -0.133. The molecule has 1 aliphatic heterocycles. The van der Waals surface area contributed by atoms with Crippen molar-refractivity contribution in [3.63, 3.8) is 0 Å². The minimum atomic E-state index is -3.87. The predicted octanol–water partition coefficient (Wildman–Crippen LogP) is 0.739. The molecule has 0 aromatic heterocycles. The number of aryl methyl sites for hydroxylation is 1. The van der Waals surface area contributed by atoms with Gasteiger partial charge >= 0.3 is 0 Å². The fourth-order valence-corrected chi connectivity index (χ4v) is 4.60. The van der Waals surface area contributed by atoms with Crippen LogP contribution in [-0.2, 0) is 14.6 Å². The number of carbonyl (C=O) groups excluding carboxylic acids is 1. The fraction of sp³-hybridized carbons (Fsp3) is 0.500. The monoisotopic (exact) mass is 312 g/mol. The molecule has 6 nitrogen and oxygen atoms in total. The standard InChI is InChI=1S/C14H20N2O4S/c1-11-3-5-12(6-4-11)21(19,20)14(13(17)15-18)7-9-16(2)10-8-14/h3-6,18H,7-10H2,1-2H3,(H,15,17). The van der Waals surface area contributed by atoms with Crippen molar-refractivity contribution in [2.45, 2.75) is 29.4 Å². The molecule has 1 saturated heterocycles. The van der Waals surface area contributed by atoms with Crippen molar-refractivity contribution in [3.05, 3.63) is 29.8 Å². The Balaban J connectivity index is 2.50. The Morgan fingerprint density at radius 3 is 2.24 bits per heavy atom. The van der Waals surface area contributed by atoms with Gasteiger partial charge in [-0.2, -0.15) is 0 Å². The van der Waals surface area contributed by atoms with Gasteiger partial charge in [-0.1, -0.05) is 17.7 Å². The minimum absolute atomic E-state index is 0.112. The zero-order chi connectivity index (χ0) is 15.7. The number of hydrogen-bond acceptors (Lipinski definition) is 5. The molecular weight excluding hydrogens is 292 g/mol. The van der Waals surface area contributed by atoms with E-state index in [0.29, 0.717) is 13.1 Å². The van der Waals surface area contributed by atoms with Crippen LogP contribution in [0.3, 0.4) is 0 Å². The van der Waals surface area contributed by atoms with Gasteiger partial charge in [0.1, 0.15) is 0 Å². The highest BCUT2D eigenvalue weighted by Gasteiger charge is 2.52. The molecule has 2 rings (SSSR count). The van der Waals surface area contributed by atoms with Crippen LogP contribution in [0, 0.1) is 6.92 Å². The summed E-state index contributed by atoms with van der Waals surface area (Å²) in [4.78, 5) is 14.2. The molecule has 0 spiro atoms. The van der Waals surface area contributed by atoms with Crippen LogP contribution >= 0.6 is 0 Å². The molecule has 7 heteroatoms. The van der Waals surface area contributed by atoms with E-state index in [9.17, 15) is 13.2 Å². The molecule has 0 bridgehead atoms. The molecule has 1 aromatic carbocycles. The maximum Gasteiger partial charge on any atom is 0.265 e. The van der Waals surface area contributed by atoms with E-state index < -0.39 is 20.5 Å². The van der Waals surface area contributed by atoms with Gasteiger partial charge in [-0.05, 0) is 52.0 Å². The van der Waals surface area contributed by atoms with Crippen LogP contribution in [-0.4, -0.2) is 49.3 Å². The van der Waals surface area contributed by atoms with E-state index in [1.54, 1.807) is 17.6 Å². The highest BCUT2D eigenvalue weighted by molar-refractivity contribution is 7.93. The Kier molecular flexibility index (Phi) is 4.36. The van der Waals surface area contributed by atoms with Gasteiger partial charge in [0.05, 0.1) is 4.90 Å². The number of sulfone groups is 1. The van der Waals surface area contributed by atoms with Crippen molar-refractivity contribution in [2.75, 3.05) is 20.1 Å². The summed E-state index contributed by atoms with van der Waals surface area (Å²) < 4.78 is 24.3. The first-order valence-electron chi connectivity index (χ1n) is 6.78. The lowest BCUT2D eigenvalue weighted by atomic mass is 9.95. The van der Waals surface area contributed by atoms with Crippen molar-refractivity contribution in [3.8, 4) is 0 Å². The van der Waals surface area contributed by atoms with Crippen molar-refractivity contribution in [1.82, 2.24) is 10.4 Å². The molecule has 116 valence electrons.